The molecule has 1 aliphatic carbocycles. The molecule has 1 fully saturated rings. The number of fused-ring (bicyclic) bond motifs is 3. The Morgan fingerprint density at radius 2 is 2.31 bits per heavy atom. The molecule has 1 aromatic carbocycles. The minimum absolute atomic E-state index is 0.132. The fraction of sp³-hybridized carbons (Fsp3) is 0.500. The number of hydrogen-bond acceptors (Lipinski definition) is 2. The quantitative estimate of drug-likeness (QED) is 0.744. The summed E-state index contributed by atoms with van der Waals surface area (Å²) in [4.78, 5) is 0. The van der Waals surface area contributed by atoms with E-state index in [0.29, 0.717) is 5.75 Å². The van der Waals surface area contributed by atoms with Gasteiger partial charge in [0.15, 0.2) is 0 Å². The molecular weight excluding hydrogens is 225 g/mol. The minimum atomic E-state index is -0.794. The lowest BCUT2D eigenvalue weighted by molar-refractivity contribution is 0.455. The summed E-state index contributed by atoms with van der Waals surface area (Å²) < 4.78 is 25.1. The highest BCUT2D eigenvalue weighted by Crippen LogP contribution is 2.37. The molecule has 1 saturated heterocycles. The average Bonchev–Trinajstić information content (AvgIpc) is 2.56. The molecule has 0 radical (unpaired) electrons. The molecule has 4 heteroatoms. The van der Waals surface area contributed by atoms with Crippen LogP contribution in [0.2, 0.25) is 0 Å². The van der Waals surface area contributed by atoms with Crippen LogP contribution >= 0.6 is 0 Å². The van der Waals surface area contributed by atoms with Crippen LogP contribution in [0.25, 0.3) is 0 Å². The zero-order valence-electron chi connectivity index (χ0n) is 9.07. The minimum Gasteiger partial charge on any atom is -0.305 e. The molecule has 4 atom stereocenters. The lowest BCUT2D eigenvalue weighted by Gasteiger charge is -2.31. The van der Waals surface area contributed by atoms with Crippen LogP contribution in [0.15, 0.2) is 18.2 Å². The van der Waals surface area contributed by atoms with E-state index in [2.05, 4.69) is 12.2 Å². The van der Waals surface area contributed by atoms with Crippen molar-refractivity contribution in [2.24, 2.45) is 0 Å². The van der Waals surface area contributed by atoms with Crippen LogP contribution in [0.1, 0.15) is 24.1 Å². The summed E-state index contributed by atoms with van der Waals surface area (Å²) in [5, 5.41) is 3.60. The summed E-state index contributed by atoms with van der Waals surface area (Å²) in [6.07, 6.45) is 0.740. The van der Waals surface area contributed by atoms with Gasteiger partial charge in [0.05, 0.1) is 5.25 Å². The van der Waals surface area contributed by atoms with Crippen LogP contribution in [0.3, 0.4) is 0 Å². The Morgan fingerprint density at radius 3 is 3.12 bits per heavy atom. The van der Waals surface area contributed by atoms with Crippen LogP contribution in [0.5, 0.6) is 0 Å². The maximum absolute atomic E-state index is 13.1. The van der Waals surface area contributed by atoms with Gasteiger partial charge in [0.1, 0.15) is 5.82 Å². The van der Waals surface area contributed by atoms with Crippen molar-refractivity contribution in [3.05, 3.63) is 35.1 Å². The van der Waals surface area contributed by atoms with Crippen LogP contribution in [0.4, 0.5) is 4.39 Å². The fourth-order valence-electron chi connectivity index (χ4n) is 2.76. The van der Waals surface area contributed by atoms with E-state index in [1.54, 1.807) is 6.07 Å². The van der Waals surface area contributed by atoms with E-state index >= 15 is 0 Å². The van der Waals surface area contributed by atoms with Gasteiger partial charge in [-0.25, -0.2) is 4.39 Å². The van der Waals surface area contributed by atoms with Gasteiger partial charge in [0, 0.05) is 28.6 Å². The van der Waals surface area contributed by atoms with Gasteiger partial charge in [0.2, 0.25) is 0 Å². The third-order valence-corrected chi connectivity index (χ3v) is 5.39. The topological polar surface area (TPSA) is 29.1 Å². The van der Waals surface area contributed by atoms with E-state index < -0.39 is 10.8 Å². The first kappa shape index (κ1) is 10.4. The van der Waals surface area contributed by atoms with Gasteiger partial charge in [-0.2, -0.15) is 0 Å². The highest BCUT2D eigenvalue weighted by atomic mass is 32.2. The molecule has 2 nitrogen and oxygen atoms in total. The van der Waals surface area contributed by atoms with E-state index in [4.69, 9.17) is 0 Å². The van der Waals surface area contributed by atoms with Crippen LogP contribution in [-0.2, 0) is 17.2 Å². The normalized spacial score (nSPS) is 36.9. The van der Waals surface area contributed by atoms with E-state index in [-0.39, 0.29) is 23.2 Å². The number of rotatable bonds is 0. The summed E-state index contributed by atoms with van der Waals surface area (Å²) in [6, 6.07) is 5.33. The molecule has 1 aromatic rings. The number of benzene rings is 1. The molecule has 3 rings (SSSR count). The van der Waals surface area contributed by atoms with Gasteiger partial charge >= 0.3 is 0 Å². The maximum Gasteiger partial charge on any atom is 0.123 e. The Kier molecular flexibility index (Phi) is 2.37. The van der Waals surface area contributed by atoms with Gasteiger partial charge in [-0.3, -0.25) is 4.21 Å². The van der Waals surface area contributed by atoms with Gasteiger partial charge in [-0.05, 0) is 36.6 Å². The smallest absolute Gasteiger partial charge is 0.123 e. The lowest BCUT2D eigenvalue weighted by atomic mass is 10.1. The zero-order valence-corrected chi connectivity index (χ0v) is 9.89. The molecule has 86 valence electrons. The van der Waals surface area contributed by atoms with Crippen molar-refractivity contribution >= 4 is 10.8 Å². The molecule has 4 unspecified atom stereocenters. The summed E-state index contributed by atoms with van der Waals surface area (Å²) in [5.74, 6) is 0.508. The molecule has 2 aliphatic rings. The van der Waals surface area contributed by atoms with Crippen molar-refractivity contribution < 1.29 is 8.60 Å². The summed E-state index contributed by atoms with van der Waals surface area (Å²) in [7, 11) is -0.794. The average molecular weight is 239 g/mol. The summed E-state index contributed by atoms with van der Waals surface area (Å²) in [5.41, 5.74) is 2.15. The standard InChI is InChI=1S/C12H14FNOS/c1-7-6-16(15)11-5-8-4-9(13)2-3-10(8)12(11)14-7/h2-4,7,11-12,14H,5-6H2,1H3. The molecule has 1 N–H and O–H groups in total. The largest absolute Gasteiger partial charge is 0.305 e. The van der Waals surface area contributed by atoms with E-state index in [9.17, 15) is 8.60 Å². The molecule has 0 spiro atoms. The van der Waals surface area contributed by atoms with Gasteiger partial charge in [0.25, 0.3) is 0 Å². The van der Waals surface area contributed by atoms with Crippen molar-refractivity contribution in [1.29, 1.82) is 0 Å². The lowest BCUT2D eigenvalue weighted by Crippen LogP contribution is -2.47. The second-order valence-corrected chi connectivity index (χ2v) is 6.38. The Morgan fingerprint density at radius 1 is 1.50 bits per heavy atom. The number of hydrogen-bond donors (Lipinski definition) is 1. The molecular formula is C12H14FNOS. The van der Waals surface area contributed by atoms with E-state index in [1.807, 2.05) is 6.07 Å². The highest BCUT2D eigenvalue weighted by Gasteiger charge is 2.40. The van der Waals surface area contributed by atoms with E-state index in [1.165, 1.54) is 6.07 Å². The summed E-state index contributed by atoms with van der Waals surface area (Å²) in [6.45, 7) is 2.05. The van der Waals surface area contributed by atoms with Crippen LogP contribution < -0.4 is 5.32 Å². The third kappa shape index (κ3) is 1.52. The number of halogens is 1. The first-order valence-electron chi connectivity index (χ1n) is 5.56. The first-order valence-corrected chi connectivity index (χ1v) is 6.95. The fourth-order valence-corrected chi connectivity index (χ4v) is 4.49. The molecule has 0 amide bonds. The van der Waals surface area contributed by atoms with Crippen molar-refractivity contribution in [2.75, 3.05) is 5.75 Å². The molecule has 16 heavy (non-hydrogen) atoms. The van der Waals surface area contributed by atoms with Gasteiger partial charge in [-0.15, -0.1) is 0 Å². The Labute approximate surface area is 96.7 Å². The Balaban J connectivity index is 2.02. The molecule has 0 aromatic heterocycles. The SMILES string of the molecule is CC1CS(=O)C2Cc3cc(F)ccc3C2N1. The Bertz CT molecular complexity index is 462. The molecule has 1 heterocycles. The molecule has 0 saturated carbocycles. The van der Waals surface area contributed by atoms with Crippen LogP contribution in [0, 0.1) is 5.82 Å². The van der Waals surface area contributed by atoms with Crippen molar-refractivity contribution in [3.8, 4) is 0 Å². The summed E-state index contributed by atoms with van der Waals surface area (Å²) >= 11 is 0. The zero-order chi connectivity index (χ0) is 11.3. The third-order valence-electron chi connectivity index (χ3n) is 3.45. The molecule has 0 bridgehead atoms. The van der Waals surface area contributed by atoms with Crippen molar-refractivity contribution in [2.45, 2.75) is 30.7 Å². The van der Waals surface area contributed by atoms with Crippen LogP contribution in [-0.4, -0.2) is 21.3 Å². The van der Waals surface area contributed by atoms with E-state index in [0.717, 1.165) is 17.5 Å². The highest BCUT2D eigenvalue weighted by molar-refractivity contribution is 7.85. The Hall–Kier alpha value is -0.740. The first-order chi connectivity index (χ1) is 7.65. The van der Waals surface area contributed by atoms with Crippen molar-refractivity contribution in [1.82, 2.24) is 5.32 Å². The monoisotopic (exact) mass is 239 g/mol. The predicted octanol–water partition coefficient (Wildman–Crippen LogP) is 1.53. The predicted molar refractivity (Wildman–Crippen MR) is 62.2 cm³/mol. The second kappa shape index (κ2) is 3.64. The van der Waals surface area contributed by atoms with Gasteiger partial charge < -0.3 is 5.32 Å². The van der Waals surface area contributed by atoms with Crippen molar-refractivity contribution in [3.63, 3.8) is 0 Å². The number of nitrogens with one attached hydrogen (secondary N) is 1. The molecule has 1 aliphatic heterocycles. The van der Waals surface area contributed by atoms with Gasteiger partial charge in [-0.1, -0.05) is 6.07 Å². The second-order valence-electron chi connectivity index (χ2n) is 4.68. The maximum atomic E-state index is 13.1.